The predicted octanol–water partition coefficient (Wildman–Crippen LogP) is 4.63. The quantitative estimate of drug-likeness (QED) is 0.497. The van der Waals surface area contributed by atoms with E-state index in [1.54, 1.807) is 16.8 Å². The molecule has 3 aromatic rings. The highest BCUT2D eigenvalue weighted by atomic mass is 32.1. The van der Waals surface area contributed by atoms with E-state index in [-0.39, 0.29) is 5.82 Å². The lowest BCUT2D eigenvalue weighted by atomic mass is 10.1. The van der Waals surface area contributed by atoms with Crippen molar-refractivity contribution in [3.8, 4) is 0 Å². The molecule has 0 aliphatic rings. The van der Waals surface area contributed by atoms with Gasteiger partial charge in [0.25, 0.3) is 0 Å². The Hall–Kier alpha value is -2.54. The lowest BCUT2D eigenvalue weighted by Gasteiger charge is -2.11. The summed E-state index contributed by atoms with van der Waals surface area (Å²) in [4.78, 5) is 0. The monoisotopic (exact) mass is 385 g/mol. The molecule has 0 saturated carbocycles. The van der Waals surface area contributed by atoms with Crippen LogP contribution in [0.25, 0.3) is 0 Å². The van der Waals surface area contributed by atoms with Gasteiger partial charge in [0.2, 0.25) is 4.77 Å². The minimum Gasteiger partial charge on any atom is -0.348 e. The van der Waals surface area contributed by atoms with Crippen molar-refractivity contribution in [1.29, 1.82) is 0 Å². The second-order valence-corrected chi connectivity index (χ2v) is 7.52. The first kappa shape index (κ1) is 19.2. The van der Waals surface area contributed by atoms with Crippen LogP contribution in [0.1, 0.15) is 42.2 Å². The van der Waals surface area contributed by atoms with Crippen LogP contribution >= 0.6 is 12.2 Å². The number of aromatic amines is 1. The summed E-state index contributed by atoms with van der Waals surface area (Å²) in [5.74, 6) is 0.996. The molecule has 5 nitrogen and oxygen atoms in total. The molecule has 1 N–H and O–H groups in total. The largest absolute Gasteiger partial charge is 0.348 e. The molecule has 0 atom stereocenters. The Morgan fingerprint density at radius 1 is 1.26 bits per heavy atom. The molecule has 0 amide bonds. The predicted molar refractivity (Wildman–Crippen MR) is 108 cm³/mol. The zero-order valence-corrected chi connectivity index (χ0v) is 16.8. The maximum atomic E-state index is 13.1. The molecule has 1 aromatic carbocycles. The number of hydrogen-bond acceptors (Lipinski definition) is 3. The molecule has 3 rings (SSSR count). The van der Waals surface area contributed by atoms with E-state index in [1.807, 2.05) is 6.21 Å². The van der Waals surface area contributed by atoms with Gasteiger partial charge in [-0.15, -0.1) is 0 Å². The maximum Gasteiger partial charge on any atom is 0.216 e. The van der Waals surface area contributed by atoms with Crippen LogP contribution in [0.15, 0.2) is 35.4 Å². The van der Waals surface area contributed by atoms with Gasteiger partial charge in [0.1, 0.15) is 5.82 Å². The minimum absolute atomic E-state index is 0.257. The summed E-state index contributed by atoms with van der Waals surface area (Å²) in [5.41, 5.74) is 4.39. The first-order valence-electron chi connectivity index (χ1n) is 8.97. The Morgan fingerprint density at radius 3 is 2.63 bits per heavy atom. The summed E-state index contributed by atoms with van der Waals surface area (Å²) in [7, 11) is 0. The highest BCUT2D eigenvalue weighted by Gasteiger charge is 2.10. The fourth-order valence-corrected chi connectivity index (χ4v) is 3.27. The standard InChI is InChI=1S/C20H24FN5S/c1-13(2)12-25-14(3)9-17(15(25)4)11-22-26-19(23-24-20(26)27)10-16-5-7-18(21)8-6-16/h5-9,11,13H,10,12H2,1-4H3,(H,24,27)/b22-11-. The molecule has 0 spiro atoms. The Morgan fingerprint density at radius 2 is 1.96 bits per heavy atom. The number of aryl methyl sites for hydroxylation is 1. The molecule has 0 saturated heterocycles. The zero-order valence-electron chi connectivity index (χ0n) is 16.0. The average molecular weight is 386 g/mol. The second kappa shape index (κ2) is 8.00. The van der Waals surface area contributed by atoms with Crippen molar-refractivity contribution < 1.29 is 4.39 Å². The topological polar surface area (TPSA) is 50.9 Å². The smallest absolute Gasteiger partial charge is 0.216 e. The summed E-state index contributed by atoms with van der Waals surface area (Å²) in [5, 5.41) is 11.6. The number of nitrogens with zero attached hydrogens (tertiary/aromatic N) is 4. The van der Waals surface area contributed by atoms with Crippen LogP contribution < -0.4 is 0 Å². The minimum atomic E-state index is -0.257. The van der Waals surface area contributed by atoms with Crippen LogP contribution in [0, 0.1) is 30.4 Å². The van der Waals surface area contributed by atoms with Crippen molar-refractivity contribution in [3.05, 3.63) is 69.3 Å². The Bertz CT molecular complexity index is 1010. The van der Waals surface area contributed by atoms with Crippen molar-refractivity contribution >= 4 is 18.4 Å². The van der Waals surface area contributed by atoms with Gasteiger partial charge < -0.3 is 4.57 Å². The van der Waals surface area contributed by atoms with E-state index in [0.717, 1.165) is 17.7 Å². The number of benzene rings is 1. The molecule has 0 aliphatic heterocycles. The van der Waals surface area contributed by atoms with Crippen LogP contribution in [0.3, 0.4) is 0 Å². The van der Waals surface area contributed by atoms with Gasteiger partial charge >= 0.3 is 0 Å². The molecule has 7 heteroatoms. The van der Waals surface area contributed by atoms with E-state index < -0.39 is 0 Å². The summed E-state index contributed by atoms with van der Waals surface area (Å²) in [6.45, 7) is 9.60. The maximum absolute atomic E-state index is 13.1. The van der Waals surface area contributed by atoms with Gasteiger partial charge in [0.15, 0.2) is 5.82 Å². The van der Waals surface area contributed by atoms with E-state index in [0.29, 0.717) is 22.9 Å². The highest BCUT2D eigenvalue weighted by molar-refractivity contribution is 7.71. The molecular weight excluding hydrogens is 361 g/mol. The molecular formula is C20H24FN5S. The number of aromatic nitrogens is 4. The molecule has 0 radical (unpaired) electrons. The van der Waals surface area contributed by atoms with E-state index in [9.17, 15) is 4.39 Å². The molecule has 0 fully saturated rings. The third-order valence-electron chi connectivity index (χ3n) is 4.47. The van der Waals surface area contributed by atoms with Crippen LogP contribution in [-0.4, -0.2) is 25.7 Å². The van der Waals surface area contributed by atoms with Crippen molar-refractivity contribution in [2.45, 2.75) is 40.7 Å². The summed E-state index contributed by atoms with van der Waals surface area (Å²) < 4.78 is 17.5. The fraction of sp³-hybridized carbons (Fsp3) is 0.350. The molecule has 2 aromatic heterocycles. The van der Waals surface area contributed by atoms with E-state index in [1.165, 1.54) is 23.5 Å². The molecule has 0 aliphatic carbocycles. The highest BCUT2D eigenvalue weighted by Crippen LogP contribution is 2.16. The van der Waals surface area contributed by atoms with Crippen molar-refractivity contribution in [3.63, 3.8) is 0 Å². The molecule has 142 valence electrons. The summed E-state index contributed by atoms with van der Waals surface area (Å²) in [6.07, 6.45) is 2.33. The van der Waals surface area contributed by atoms with Crippen LogP contribution in [0.5, 0.6) is 0 Å². The van der Waals surface area contributed by atoms with Gasteiger partial charge in [-0.05, 0) is 55.7 Å². The van der Waals surface area contributed by atoms with E-state index in [4.69, 9.17) is 12.2 Å². The van der Waals surface area contributed by atoms with Gasteiger partial charge in [-0.3, -0.25) is 5.10 Å². The van der Waals surface area contributed by atoms with Crippen LogP contribution in [0.4, 0.5) is 4.39 Å². The lowest BCUT2D eigenvalue weighted by molar-refractivity contribution is 0.509. The Kier molecular flexibility index (Phi) is 5.70. The zero-order chi connectivity index (χ0) is 19.6. The number of H-pyrrole nitrogens is 1. The van der Waals surface area contributed by atoms with Crippen molar-refractivity contribution in [1.82, 2.24) is 19.4 Å². The lowest BCUT2D eigenvalue weighted by Crippen LogP contribution is -2.08. The normalized spacial score (nSPS) is 11.8. The van der Waals surface area contributed by atoms with Crippen molar-refractivity contribution in [2.75, 3.05) is 0 Å². The first-order valence-corrected chi connectivity index (χ1v) is 9.37. The van der Waals surface area contributed by atoms with Crippen LogP contribution in [0.2, 0.25) is 0 Å². The van der Waals surface area contributed by atoms with E-state index in [2.05, 4.69) is 53.6 Å². The number of halogens is 1. The SMILES string of the molecule is Cc1cc(/C=N\n2c(Cc3ccc(F)cc3)n[nH]c2=S)c(C)n1CC(C)C. The third-order valence-corrected chi connectivity index (χ3v) is 4.73. The fourth-order valence-electron chi connectivity index (χ4n) is 3.07. The molecule has 0 unspecified atom stereocenters. The Balaban J connectivity index is 1.87. The van der Waals surface area contributed by atoms with Crippen molar-refractivity contribution in [2.24, 2.45) is 11.0 Å². The first-order chi connectivity index (χ1) is 12.8. The molecule has 0 bridgehead atoms. The summed E-state index contributed by atoms with van der Waals surface area (Å²) >= 11 is 5.31. The molecule has 2 heterocycles. The van der Waals surface area contributed by atoms with Gasteiger partial charge in [0.05, 0.1) is 6.21 Å². The number of nitrogens with one attached hydrogen (secondary N) is 1. The average Bonchev–Trinajstić information content (AvgIpc) is 3.09. The van der Waals surface area contributed by atoms with Gasteiger partial charge in [-0.25, -0.2) is 4.39 Å². The Labute approximate surface area is 163 Å². The number of hydrogen-bond donors (Lipinski definition) is 1. The van der Waals surface area contributed by atoms with E-state index >= 15 is 0 Å². The second-order valence-electron chi connectivity index (χ2n) is 7.14. The van der Waals surface area contributed by atoms with Gasteiger partial charge in [-0.1, -0.05) is 26.0 Å². The molecule has 27 heavy (non-hydrogen) atoms. The third kappa shape index (κ3) is 4.42. The number of rotatable bonds is 6. The van der Waals surface area contributed by atoms with Crippen LogP contribution in [-0.2, 0) is 13.0 Å². The summed E-state index contributed by atoms with van der Waals surface area (Å²) in [6, 6.07) is 8.48. The van der Waals surface area contributed by atoms with Gasteiger partial charge in [-0.2, -0.15) is 14.9 Å². The van der Waals surface area contributed by atoms with Gasteiger partial charge in [0, 0.05) is 29.9 Å².